The second kappa shape index (κ2) is 11.7. The molecule has 2 atom stereocenters. The Morgan fingerprint density at radius 3 is 2.21 bits per heavy atom. The van der Waals surface area contributed by atoms with Crippen LogP contribution in [0.3, 0.4) is 0 Å². The molecule has 2 aromatic carbocycles. The fraction of sp³-hybridized carbons (Fsp3) is 0.462. The van der Waals surface area contributed by atoms with Gasteiger partial charge >= 0.3 is 12.1 Å². The number of ether oxygens (including phenoxy) is 2. The number of aliphatic hydroxyl groups is 1. The number of hydrogen-bond donors (Lipinski definition) is 1. The van der Waals surface area contributed by atoms with Crippen LogP contribution >= 0.6 is 15.9 Å². The molecule has 0 heterocycles. The average Bonchev–Trinajstić information content (AvgIpc) is 2.73. The van der Waals surface area contributed by atoms with Crippen LogP contribution in [-0.4, -0.2) is 40.8 Å². The van der Waals surface area contributed by atoms with Gasteiger partial charge in [-0.15, -0.1) is 0 Å². The number of carbonyl (C=O) groups is 2. The van der Waals surface area contributed by atoms with E-state index in [1.54, 1.807) is 24.0 Å². The molecule has 0 aliphatic rings. The molecular formula is C26H34BrNO5. The Hall–Kier alpha value is -2.38. The molecule has 0 aliphatic carbocycles. The van der Waals surface area contributed by atoms with E-state index in [9.17, 15) is 14.7 Å². The lowest BCUT2D eigenvalue weighted by Gasteiger charge is -2.35. The highest BCUT2D eigenvalue weighted by Gasteiger charge is 2.36. The van der Waals surface area contributed by atoms with Gasteiger partial charge in [-0.2, -0.15) is 0 Å². The maximum atomic E-state index is 13.1. The van der Waals surface area contributed by atoms with Crippen molar-refractivity contribution in [1.29, 1.82) is 0 Å². The summed E-state index contributed by atoms with van der Waals surface area (Å²) in [6.45, 7) is 9.49. The lowest BCUT2D eigenvalue weighted by Crippen LogP contribution is -2.42. The van der Waals surface area contributed by atoms with Gasteiger partial charge in [0.05, 0.1) is 19.1 Å². The van der Waals surface area contributed by atoms with Gasteiger partial charge in [-0.05, 0) is 64.3 Å². The molecule has 0 saturated heterocycles. The van der Waals surface area contributed by atoms with E-state index in [0.717, 1.165) is 10.0 Å². The minimum atomic E-state index is -1.49. The molecule has 0 aliphatic heterocycles. The van der Waals surface area contributed by atoms with E-state index in [4.69, 9.17) is 9.47 Å². The maximum absolute atomic E-state index is 13.1. The number of halogens is 1. The third-order valence-corrected chi connectivity index (χ3v) is 5.80. The topological polar surface area (TPSA) is 76.1 Å². The normalized spacial score (nSPS) is 14.2. The monoisotopic (exact) mass is 519 g/mol. The molecule has 0 radical (unpaired) electrons. The first-order valence-corrected chi connectivity index (χ1v) is 11.9. The molecule has 1 unspecified atom stereocenters. The number of amides is 1. The van der Waals surface area contributed by atoms with E-state index in [1.165, 1.54) is 0 Å². The molecule has 2 aromatic rings. The number of hydrogen-bond acceptors (Lipinski definition) is 5. The molecule has 2 rings (SSSR count). The third-order valence-electron chi connectivity index (χ3n) is 5.27. The van der Waals surface area contributed by atoms with Crippen LogP contribution in [0, 0.1) is 0 Å². The van der Waals surface area contributed by atoms with Crippen molar-refractivity contribution in [3.8, 4) is 0 Å². The SMILES string of the molecule is CCOC(=O)CC(O)(CCN(C(=O)OC(C)(C)C)[C@@H](C)c1ccc(Br)cc1)c1ccccc1. The summed E-state index contributed by atoms with van der Waals surface area (Å²) in [5, 5.41) is 11.5. The van der Waals surface area contributed by atoms with Gasteiger partial charge in [-0.1, -0.05) is 58.4 Å². The molecule has 7 heteroatoms. The zero-order valence-corrected chi connectivity index (χ0v) is 21.6. The first-order valence-electron chi connectivity index (χ1n) is 11.1. The van der Waals surface area contributed by atoms with Crippen molar-refractivity contribution in [3.05, 3.63) is 70.2 Å². The second-order valence-corrected chi connectivity index (χ2v) is 9.95. The van der Waals surface area contributed by atoms with Crippen molar-refractivity contribution in [2.24, 2.45) is 0 Å². The summed E-state index contributed by atoms with van der Waals surface area (Å²) in [5.41, 5.74) is -0.640. The van der Waals surface area contributed by atoms with Crippen molar-refractivity contribution in [2.45, 2.75) is 64.7 Å². The molecule has 0 spiro atoms. The summed E-state index contributed by atoms with van der Waals surface area (Å²) < 4.78 is 11.7. The third kappa shape index (κ3) is 8.16. The predicted molar refractivity (Wildman–Crippen MR) is 132 cm³/mol. The Morgan fingerprint density at radius 2 is 1.67 bits per heavy atom. The zero-order chi connectivity index (χ0) is 24.6. The second-order valence-electron chi connectivity index (χ2n) is 9.03. The van der Waals surface area contributed by atoms with Crippen molar-refractivity contribution in [1.82, 2.24) is 4.90 Å². The number of rotatable bonds is 9. The summed E-state index contributed by atoms with van der Waals surface area (Å²) >= 11 is 3.44. The highest BCUT2D eigenvalue weighted by atomic mass is 79.9. The van der Waals surface area contributed by atoms with Crippen LogP contribution in [0.15, 0.2) is 59.1 Å². The molecule has 33 heavy (non-hydrogen) atoms. The Morgan fingerprint density at radius 1 is 1.06 bits per heavy atom. The van der Waals surface area contributed by atoms with Crippen LogP contribution in [0.25, 0.3) is 0 Å². The quantitative estimate of drug-likeness (QED) is 0.412. The van der Waals surface area contributed by atoms with Crippen LogP contribution in [0.5, 0.6) is 0 Å². The van der Waals surface area contributed by atoms with Crippen LogP contribution in [-0.2, 0) is 19.9 Å². The summed E-state index contributed by atoms with van der Waals surface area (Å²) in [5.74, 6) is -0.492. The van der Waals surface area contributed by atoms with Gasteiger partial charge in [0.1, 0.15) is 11.2 Å². The van der Waals surface area contributed by atoms with Gasteiger partial charge in [0, 0.05) is 11.0 Å². The zero-order valence-electron chi connectivity index (χ0n) is 20.0. The van der Waals surface area contributed by atoms with Gasteiger partial charge in [0.25, 0.3) is 0 Å². The summed E-state index contributed by atoms with van der Waals surface area (Å²) in [6.07, 6.45) is -0.556. The minimum Gasteiger partial charge on any atom is -0.466 e. The van der Waals surface area contributed by atoms with E-state index in [2.05, 4.69) is 15.9 Å². The van der Waals surface area contributed by atoms with E-state index >= 15 is 0 Å². The Bertz CT molecular complexity index is 911. The smallest absolute Gasteiger partial charge is 0.410 e. The maximum Gasteiger partial charge on any atom is 0.410 e. The van der Waals surface area contributed by atoms with E-state index in [-0.39, 0.29) is 32.0 Å². The van der Waals surface area contributed by atoms with Crippen LogP contribution in [0.1, 0.15) is 64.6 Å². The van der Waals surface area contributed by atoms with Crippen LogP contribution in [0.4, 0.5) is 4.79 Å². The van der Waals surface area contributed by atoms with E-state index in [0.29, 0.717) is 5.56 Å². The van der Waals surface area contributed by atoms with Gasteiger partial charge < -0.3 is 19.5 Å². The molecule has 0 saturated carbocycles. The molecule has 180 valence electrons. The predicted octanol–water partition coefficient (Wildman–Crippen LogP) is 5.98. The molecule has 0 bridgehead atoms. The molecule has 0 fully saturated rings. The molecule has 1 N–H and O–H groups in total. The first kappa shape index (κ1) is 26.9. The molecular weight excluding hydrogens is 486 g/mol. The van der Waals surface area contributed by atoms with Crippen molar-refractivity contribution in [2.75, 3.05) is 13.2 Å². The Labute approximate surface area is 205 Å². The van der Waals surface area contributed by atoms with Gasteiger partial charge in [0.2, 0.25) is 0 Å². The minimum absolute atomic E-state index is 0.135. The van der Waals surface area contributed by atoms with Crippen molar-refractivity contribution in [3.63, 3.8) is 0 Å². The van der Waals surface area contributed by atoms with E-state index in [1.807, 2.05) is 70.2 Å². The number of benzene rings is 2. The highest BCUT2D eigenvalue weighted by Crippen LogP contribution is 2.32. The van der Waals surface area contributed by atoms with E-state index < -0.39 is 23.3 Å². The van der Waals surface area contributed by atoms with Crippen LogP contribution < -0.4 is 0 Å². The number of carbonyl (C=O) groups excluding carboxylic acids is 2. The summed E-state index contributed by atoms with van der Waals surface area (Å²) in [7, 11) is 0. The van der Waals surface area contributed by atoms with Crippen molar-refractivity contribution < 1.29 is 24.2 Å². The van der Waals surface area contributed by atoms with Gasteiger partial charge in [-0.3, -0.25) is 4.79 Å². The lowest BCUT2D eigenvalue weighted by molar-refractivity contribution is -0.149. The van der Waals surface area contributed by atoms with Crippen LogP contribution in [0.2, 0.25) is 0 Å². The van der Waals surface area contributed by atoms with Crippen molar-refractivity contribution >= 4 is 28.0 Å². The standard InChI is InChI=1S/C26H34BrNO5/c1-6-32-23(29)18-26(31,21-10-8-7-9-11-21)16-17-28(24(30)33-25(3,4)5)19(2)20-12-14-22(27)15-13-20/h7-15,19,31H,6,16-18H2,1-5H3/t19-,26?/m0/s1. The Balaban J connectivity index is 2.34. The lowest BCUT2D eigenvalue weighted by atomic mass is 9.87. The Kier molecular flexibility index (Phi) is 9.49. The molecule has 6 nitrogen and oxygen atoms in total. The fourth-order valence-electron chi connectivity index (χ4n) is 3.52. The first-order chi connectivity index (χ1) is 15.4. The summed E-state index contributed by atoms with van der Waals surface area (Å²) in [4.78, 5) is 27.0. The fourth-order valence-corrected chi connectivity index (χ4v) is 3.79. The van der Waals surface area contributed by atoms with Gasteiger partial charge in [-0.25, -0.2) is 4.79 Å². The number of esters is 1. The molecule has 0 aromatic heterocycles. The molecule has 1 amide bonds. The van der Waals surface area contributed by atoms with Gasteiger partial charge in [0.15, 0.2) is 0 Å². The highest BCUT2D eigenvalue weighted by molar-refractivity contribution is 9.10. The summed E-state index contributed by atoms with van der Waals surface area (Å²) in [6, 6.07) is 16.4. The largest absolute Gasteiger partial charge is 0.466 e. The number of nitrogens with zero attached hydrogens (tertiary/aromatic N) is 1. The average molecular weight is 520 g/mol.